The molecule has 1 aromatic rings. The smallest absolute Gasteiger partial charge is 0.123 e. The highest BCUT2D eigenvalue weighted by Crippen LogP contribution is 2.30. The van der Waals surface area contributed by atoms with Gasteiger partial charge < -0.3 is 10.5 Å². The maximum atomic E-state index is 13.1. The number of rotatable bonds is 2. The van der Waals surface area contributed by atoms with E-state index in [4.69, 9.17) is 10.5 Å². The van der Waals surface area contributed by atoms with Crippen molar-refractivity contribution in [3.05, 3.63) is 35.1 Å². The number of ether oxygens (including phenoxy) is 1. The van der Waals surface area contributed by atoms with Crippen molar-refractivity contribution in [1.29, 1.82) is 0 Å². The molecule has 3 heteroatoms. The predicted molar refractivity (Wildman–Crippen MR) is 57.2 cm³/mol. The summed E-state index contributed by atoms with van der Waals surface area (Å²) in [6.07, 6.45) is 2.55. The van der Waals surface area contributed by atoms with E-state index in [0.29, 0.717) is 13.0 Å². The van der Waals surface area contributed by atoms with Gasteiger partial charge in [-0.3, -0.25) is 0 Å². The number of benzene rings is 1. The second-order valence-electron chi connectivity index (χ2n) is 4.18. The molecular weight excluding hydrogens is 193 g/mol. The van der Waals surface area contributed by atoms with E-state index in [1.54, 1.807) is 13.2 Å². The molecule has 0 heterocycles. The number of methoxy groups -OCH3 is 1. The number of aryl methyl sites for hydroxylation is 1. The van der Waals surface area contributed by atoms with Crippen LogP contribution in [0.3, 0.4) is 0 Å². The van der Waals surface area contributed by atoms with Gasteiger partial charge in [0.05, 0.1) is 5.60 Å². The van der Waals surface area contributed by atoms with Gasteiger partial charge in [0.25, 0.3) is 0 Å². The molecule has 0 saturated carbocycles. The van der Waals surface area contributed by atoms with Gasteiger partial charge in [-0.1, -0.05) is 6.07 Å². The molecule has 0 radical (unpaired) electrons. The molecule has 82 valence electrons. The van der Waals surface area contributed by atoms with Crippen LogP contribution in [0.5, 0.6) is 0 Å². The molecule has 0 aromatic heterocycles. The summed E-state index contributed by atoms with van der Waals surface area (Å²) >= 11 is 0. The Kier molecular flexibility index (Phi) is 2.76. The van der Waals surface area contributed by atoms with Crippen LogP contribution in [-0.4, -0.2) is 19.3 Å². The predicted octanol–water partition coefficient (Wildman–Crippen LogP) is 1.66. The first-order valence-electron chi connectivity index (χ1n) is 5.22. The molecular formula is C12H16FNO. The SMILES string of the molecule is COC1(CN)CCc2ccc(F)cc2C1. The summed E-state index contributed by atoms with van der Waals surface area (Å²) in [6, 6.07) is 4.97. The fraction of sp³-hybridized carbons (Fsp3) is 0.500. The van der Waals surface area contributed by atoms with Crippen LogP contribution in [0, 0.1) is 5.82 Å². The van der Waals surface area contributed by atoms with Crippen molar-refractivity contribution in [2.75, 3.05) is 13.7 Å². The highest BCUT2D eigenvalue weighted by atomic mass is 19.1. The van der Waals surface area contributed by atoms with E-state index in [2.05, 4.69) is 0 Å². The Morgan fingerprint density at radius 1 is 1.47 bits per heavy atom. The van der Waals surface area contributed by atoms with Gasteiger partial charge in [-0.2, -0.15) is 0 Å². The van der Waals surface area contributed by atoms with Crippen LogP contribution in [0.2, 0.25) is 0 Å². The van der Waals surface area contributed by atoms with Crippen LogP contribution >= 0.6 is 0 Å². The number of halogens is 1. The highest BCUT2D eigenvalue weighted by Gasteiger charge is 2.33. The summed E-state index contributed by atoms with van der Waals surface area (Å²) in [4.78, 5) is 0. The molecule has 0 bridgehead atoms. The first kappa shape index (κ1) is 10.6. The van der Waals surface area contributed by atoms with Gasteiger partial charge in [0, 0.05) is 20.1 Å². The van der Waals surface area contributed by atoms with Crippen LogP contribution in [0.15, 0.2) is 18.2 Å². The minimum absolute atomic E-state index is 0.183. The van der Waals surface area contributed by atoms with Gasteiger partial charge in [0.2, 0.25) is 0 Å². The van der Waals surface area contributed by atoms with Crippen molar-refractivity contribution >= 4 is 0 Å². The Bertz CT molecular complexity index is 361. The average Bonchev–Trinajstić information content (AvgIpc) is 2.28. The molecule has 1 aromatic carbocycles. The lowest BCUT2D eigenvalue weighted by atomic mass is 9.80. The maximum Gasteiger partial charge on any atom is 0.123 e. The molecule has 0 saturated heterocycles. The van der Waals surface area contributed by atoms with Crippen molar-refractivity contribution in [2.45, 2.75) is 24.9 Å². The largest absolute Gasteiger partial charge is 0.377 e. The second kappa shape index (κ2) is 3.91. The fourth-order valence-corrected chi connectivity index (χ4v) is 2.23. The van der Waals surface area contributed by atoms with Crippen molar-refractivity contribution in [1.82, 2.24) is 0 Å². The molecule has 0 aliphatic heterocycles. The molecule has 2 nitrogen and oxygen atoms in total. The minimum Gasteiger partial charge on any atom is -0.377 e. The van der Waals surface area contributed by atoms with Gasteiger partial charge in [0.1, 0.15) is 5.82 Å². The molecule has 0 amide bonds. The zero-order valence-electron chi connectivity index (χ0n) is 8.92. The van der Waals surface area contributed by atoms with Gasteiger partial charge in [-0.25, -0.2) is 4.39 Å². The lowest BCUT2D eigenvalue weighted by Gasteiger charge is -2.36. The minimum atomic E-state index is -0.291. The van der Waals surface area contributed by atoms with Crippen molar-refractivity contribution in [2.24, 2.45) is 5.73 Å². The number of hydrogen-bond acceptors (Lipinski definition) is 2. The first-order valence-corrected chi connectivity index (χ1v) is 5.22. The monoisotopic (exact) mass is 209 g/mol. The van der Waals surface area contributed by atoms with Gasteiger partial charge in [-0.05, 0) is 36.1 Å². The molecule has 0 spiro atoms. The third-order valence-electron chi connectivity index (χ3n) is 3.34. The zero-order valence-corrected chi connectivity index (χ0v) is 8.92. The van der Waals surface area contributed by atoms with Crippen LogP contribution in [0.4, 0.5) is 4.39 Å². The summed E-state index contributed by atoms with van der Waals surface area (Å²) in [7, 11) is 1.68. The average molecular weight is 209 g/mol. The fourth-order valence-electron chi connectivity index (χ4n) is 2.23. The Morgan fingerprint density at radius 3 is 2.93 bits per heavy atom. The third-order valence-corrected chi connectivity index (χ3v) is 3.34. The number of nitrogens with two attached hydrogens (primary N) is 1. The third kappa shape index (κ3) is 1.90. The lowest BCUT2D eigenvalue weighted by Crippen LogP contribution is -2.44. The van der Waals surface area contributed by atoms with Crippen LogP contribution in [-0.2, 0) is 17.6 Å². The van der Waals surface area contributed by atoms with Crippen LogP contribution < -0.4 is 5.73 Å². The van der Waals surface area contributed by atoms with E-state index in [9.17, 15) is 4.39 Å². The molecule has 1 aliphatic carbocycles. The van der Waals surface area contributed by atoms with Crippen LogP contribution in [0.25, 0.3) is 0 Å². The normalized spacial score (nSPS) is 25.0. The van der Waals surface area contributed by atoms with Gasteiger partial charge >= 0.3 is 0 Å². The Labute approximate surface area is 89.2 Å². The van der Waals surface area contributed by atoms with Crippen molar-refractivity contribution in [3.63, 3.8) is 0 Å². The Hall–Kier alpha value is -0.930. The molecule has 1 unspecified atom stereocenters. The molecule has 0 fully saturated rings. The first-order chi connectivity index (χ1) is 7.19. The van der Waals surface area contributed by atoms with E-state index < -0.39 is 0 Å². The topological polar surface area (TPSA) is 35.2 Å². The second-order valence-corrected chi connectivity index (χ2v) is 4.18. The lowest BCUT2D eigenvalue weighted by molar-refractivity contribution is -0.0135. The summed E-state index contributed by atoms with van der Waals surface area (Å²) in [5.74, 6) is -0.183. The standard InChI is InChI=1S/C12H16FNO/c1-15-12(8-14)5-4-9-2-3-11(13)6-10(9)7-12/h2-3,6H,4-5,7-8,14H2,1H3. The molecule has 1 atom stereocenters. The Morgan fingerprint density at radius 2 is 2.27 bits per heavy atom. The molecule has 15 heavy (non-hydrogen) atoms. The molecule has 2 rings (SSSR count). The number of fused-ring (bicyclic) bond motifs is 1. The summed E-state index contributed by atoms with van der Waals surface area (Å²) in [6.45, 7) is 0.486. The van der Waals surface area contributed by atoms with Crippen molar-refractivity contribution in [3.8, 4) is 0 Å². The zero-order chi connectivity index (χ0) is 10.9. The van der Waals surface area contributed by atoms with Crippen LogP contribution in [0.1, 0.15) is 17.5 Å². The van der Waals surface area contributed by atoms with E-state index >= 15 is 0 Å². The van der Waals surface area contributed by atoms with E-state index in [0.717, 1.165) is 18.4 Å². The molecule has 2 N–H and O–H groups in total. The van der Waals surface area contributed by atoms with E-state index in [1.807, 2.05) is 6.07 Å². The van der Waals surface area contributed by atoms with E-state index in [1.165, 1.54) is 11.6 Å². The Balaban J connectivity index is 2.32. The number of hydrogen-bond donors (Lipinski definition) is 1. The van der Waals surface area contributed by atoms with Gasteiger partial charge in [0.15, 0.2) is 0 Å². The molecule has 1 aliphatic rings. The summed E-state index contributed by atoms with van der Waals surface area (Å²) in [5, 5.41) is 0. The summed E-state index contributed by atoms with van der Waals surface area (Å²) < 4.78 is 18.6. The maximum absolute atomic E-state index is 13.1. The summed E-state index contributed by atoms with van der Waals surface area (Å²) in [5.41, 5.74) is 7.69. The quantitative estimate of drug-likeness (QED) is 0.804. The van der Waals surface area contributed by atoms with E-state index in [-0.39, 0.29) is 11.4 Å². The van der Waals surface area contributed by atoms with Gasteiger partial charge in [-0.15, -0.1) is 0 Å². The van der Waals surface area contributed by atoms with Crippen molar-refractivity contribution < 1.29 is 9.13 Å². The highest BCUT2D eigenvalue weighted by molar-refractivity contribution is 5.32.